The number of methoxy groups -OCH3 is 1. The summed E-state index contributed by atoms with van der Waals surface area (Å²) in [5.74, 6) is -1.40. The van der Waals surface area contributed by atoms with Gasteiger partial charge in [0, 0.05) is 41.4 Å². The van der Waals surface area contributed by atoms with Crippen molar-refractivity contribution in [2.45, 2.75) is 80.8 Å². The highest BCUT2D eigenvalue weighted by molar-refractivity contribution is 6.68. The molecule has 1 heterocycles. The van der Waals surface area contributed by atoms with Crippen LogP contribution >= 0.6 is 46.4 Å². The molecular formula is C35H43Cl4NO7. The molecular weight excluding hydrogens is 688 g/mol. The van der Waals surface area contributed by atoms with Crippen LogP contribution in [0, 0.1) is 29.1 Å². The molecule has 0 radical (unpaired) electrons. The van der Waals surface area contributed by atoms with E-state index in [-0.39, 0.29) is 47.8 Å². The van der Waals surface area contributed by atoms with Gasteiger partial charge in [0.2, 0.25) is 9.70 Å². The van der Waals surface area contributed by atoms with Gasteiger partial charge in [-0.3, -0.25) is 9.59 Å². The maximum absolute atomic E-state index is 13.8. The average Bonchev–Trinajstić information content (AvgIpc) is 3.68. The Morgan fingerprint density at radius 3 is 2.40 bits per heavy atom. The van der Waals surface area contributed by atoms with Crippen molar-refractivity contribution in [1.29, 1.82) is 0 Å². The number of hydrogen-bond acceptors (Lipinski definition) is 6. The first-order valence-corrected chi connectivity index (χ1v) is 17.4. The van der Waals surface area contributed by atoms with Crippen LogP contribution in [-0.2, 0) is 25.7 Å². The quantitative estimate of drug-likeness (QED) is 0.0896. The first kappa shape index (κ1) is 37.6. The Bertz CT molecular complexity index is 1410. The number of amides is 1. The predicted octanol–water partition coefficient (Wildman–Crippen LogP) is 7.27. The minimum absolute atomic E-state index is 0.00295. The van der Waals surface area contributed by atoms with Gasteiger partial charge in [0.1, 0.15) is 11.9 Å². The Labute approximate surface area is 296 Å². The molecule has 1 aromatic carbocycles. The summed E-state index contributed by atoms with van der Waals surface area (Å²) >= 11 is 24.5. The van der Waals surface area contributed by atoms with Gasteiger partial charge in [0.05, 0.1) is 19.6 Å². The number of carbonyl (C=O) groups excluding carboxylic acids is 2. The van der Waals surface area contributed by atoms with Crippen LogP contribution in [0.5, 0.6) is 5.75 Å². The fraction of sp³-hybridized carbons (Fsp3) is 0.571. The molecule has 3 aliphatic rings. The number of allylic oxidation sites excluding steroid dienone is 4. The number of fused-ring (bicyclic) bond motifs is 1. The summed E-state index contributed by atoms with van der Waals surface area (Å²) in [7, 11) is 1.61. The van der Waals surface area contributed by atoms with Crippen LogP contribution in [0.25, 0.3) is 0 Å². The molecule has 1 aliphatic heterocycles. The zero-order chi connectivity index (χ0) is 34.7. The second-order valence-corrected chi connectivity index (χ2v) is 16.3. The predicted molar refractivity (Wildman–Crippen MR) is 184 cm³/mol. The summed E-state index contributed by atoms with van der Waals surface area (Å²) < 4.78 is 8.90. The Morgan fingerprint density at radius 1 is 1.17 bits per heavy atom. The van der Waals surface area contributed by atoms with E-state index in [0.717, 1.165) is 16.9 Å². The third-order valence-electron chi connectivity index (χ3n) is 9.63. The Morgan fingerprint density at radius 2 is 1.83 bits per heavy atom. The van der Waals surface area contributed by atoms with E-state index in [1.165, 1.54) is 6.08 Å². The highest BCUT2D eigenvalue weighted by atomic mass is 35.6. The number of alkyl halides is 4. The zero-order valence-corrected chi connectivity index (χ0v) is 30.0. The molecule has 8 atom stereocenters. The fourth-order valence-corrected chi connectivity index (χ4v) is 7.54. The molecule has 0 spiro atoms. The lowest BCUT2D eigenvalue weighted by Crippen LogP contribution is -2.35. The summed E-state index contributed by atoms with van der Waals surface area (Å²) in [6.45, 7) is 6.96. The van der Waals surface area contributed by atoms with E-state index >= 15 is 0 Å². The fourth-order valence-electron chi connectivity index (χ4n) is 6.70. The first-order chi connectivity index (χ1) is 22.0. The molecule has 5 unspecified atom stereocenters. The zero-order valence-electron chi connectivity index (χ0n) is 27.0. The standard InChI is InChI=1S/C35H43Cl4NO7/c1-20(5-11-30(35(37,38)39)47-32(44)17-29(41)26-16-28(26)36)13-21(2)23-14-24(8-12-31(42)43)34(3)19-40(33(45)27(34)15-23)18-22-6-9-25(46-4)10-7-22/h6-10,12-13,15,20,23-24,26,28-30,41H,5,11,14,16-19H2,1-4H3,(H,42,43)/b12-8+,21-13+/t20?,23-,24?,26?,28-,29?,30?,34-/m1/s1. The molecule has 8 nitrogen and oxygen atoms in total. The van der Waals surface area contributed by atoms with Crippen LogP contribution in [0.15, 0.2) is 59.7 Å². The van der Waals surface area contributed by atoms with Gasteiger partial charge in [-0.2, -0.15) is 0 Å². The van der Waals surface area contributed by atoms with Crippen molar-refractivity contribution in [1.82, 2.24) is 4.90 Å². The Balaban J connectivity index is 1.46. The van der Waals surface area contributed by atoms with E-state index in [0.29, 0.717) is 37.9 Å². The average molecular weight is 732 g/mol. The largest absolute Gasteiger partial charge is 0.497 e. The van der Waals surface area contributed by atoms with Crippen molar-refractivity contribution in [3.63, 3.8) is 0 Å². The molecule has 258 valence electrons. The van der Waals surface area contributed by atoms with Crippen LogP contribution in [0.3, 0.4) is 0 Å². The molecule has 4 rings (SSSR count). The Hall–Kier alpha value is -2.23. The molecule has 2 N–H and O–H groups in total. The minimum atomic E-state index is -1.85. The van der Waals surface area contributed by atoms with Crippen LogP contribution in [0.2, 0.25) is 0 Å². The highest BCUT2D eigenvalue weighted by Crippen LogP contribution is 2.51. The van der Waals surface area contributed by atoms with Crippen molar-refractivity contribution in [3.05, 3.63) is 65.3 Å². The molecule has 1 aromatic rings. The number of hydrogen-bond donors (Lipinski definition) is 2. The van der Waals surface area contributed by atoms with E-state index < -0.39 is 33.4 Å². The lowest BCUT2D eigenvalue weighted by Gasteiger charge is -2.39. The summed E-state index contributed by atoms with van der Waals surface area (Å²) in [6.07, 6.45) is 7.02. The lowest BCUT2D eigenvalue weighted by atomic mass is 9.64. The smallest absolute Gasteiger partial charge is 0.327 e. The maximum atomic E-state index is 13.8. The van der Waals surface area contributed by atoms with E-state index in [4.69, 9.17) is 55.9 Å². The molecule has 1 saturated heterocycles. The number of carbonyl (C=O) groups is 3. The number of halogens is 4. The topological polar surface area (TPSA) is 113 Å². The third-order valence-corrected chi connectivity index (χ3v) is 10.9. The van der Waals surface area contributed by atoms with E-state index in [1.54, 1.807) is 13.2 Å². The number of carboxylic acids is 1. The molecule has 0 bridgehead atoms. The van der Waals surface area contributed by atoms with Gasteiger partial charge >= 0.3 is 11.9 Å². The molecule has 1 saturated carbocycles. The molecule has 1 amide bonds. The van der Waals surface area contributed by atoms with Crippen molar-refractivity contribution in [2.24, 2.45) is 29.1 Å². The summed E-state index contributed by atoms with van der Waals surface area (Å²) in [4.78, 5) is 39.6. The van der Waals surface area contributed by atoms with Crippen molar-refractivity contribution >= 4 is 64.2 Å². The molecule has 12 heteroatoms. The highest BCUT2D eigenvalue weighted by Gasteiger charge is 2.51. The third kappa shape index (κ3) is 9.69. The van der Waals surface area contributed by atoms with Gasteiger partial charge in [-0.1, -0.05) is 84.6 Å². The number of ether oxygens (including phenoxy) is 2. The molecule has 2 aliphatic carbocycles. The number of rotatable bonds is 14. The van der Waals surface area contributed by atoms with Gasteiger partial charge in [-0.25, -0.2) is 4.79 Å². The van der Waals surface area contributed by atoms with Gasteiger partial charge in [-0.15, -0.1) is 11.6 Å². The summed E-state index contributed by atoms with van der Waals surface area (Å²) in [5, 5.41) is 19.5. The SMILES string of the molecule is COc1ccc(CN2C[C@@]3(C)C(=C[C@H](/C(C)=C/C(C)CCC(OC(=O)CC(O)C4C[C@H]4Cl)C(Cl)(Cl)Cl)CC3/C=C/C(=O)O)C2=O)cc1. The number of carboxylic acid groups (broad SMARTS) is 1. The number of aliphatic hydroxyl groups excluding tert-OH is 1. The molecule has 0 aromatic heterocycles. The van der Waals surface area contributed by atoms with Crippen molar-refractivity contribution in [3.8, 4) is 5.75 Å². The molecule has 2 fully saturated rings. The van der Waals surface area contributed by atoms with Crippen LogP contribution in [0.4, 0.5) is 0 Å². The van der Waals surface area contributed by atoms with E-state index in [9.17, 15) is 24.6 Å². The normalized spacial score (nSPS) is 28.0. The van der Waals surface area contributed by atoms with Crippen LogP contribution < -0.4 is 4.74 Å². The number of aliphatic carboxylic acids is 1. The summed E-state index contributed by atoms with van der Waals surface area (Å²) in [5.41, 5.74) is 2.16. The lowest BCUT2D eigenvalue weighted by molar-refractivity contribution is -0.152. The van der Waals surface area contributed by atoms with Crippen molar-refractivity contribution < 1.29 is 34.1 Å². The minimum Gasteiger partial charge on any atom is -0.497 e. The van der Waals surface area contributed by atoms with Gasteiger partial charge in [-0.05, 0) is 68.1 Å². The van der Waals surface area contributed by atoms with Crippen LogP contribution in [-0.4, -0.2) is 68.0 Å². The number of aliphatic hydroxyl groups is 1. The number of benzene rings is 1. The van der Waals surface area contributed by atoms with Crippen LogP contribution in [0.1, 0.15) is 58.4 Å². The number of nitrogens with zero attached hydrogens (tertiary/aromatic N) is 1. The Kier molecular flexibility index (Phi) is 12.4. The van der Waals surface area contributed by atoms with Gasteiger partial charge in [0.15, 0.2) is 0 Å². The molecule has 47 heavy (non-hydrogen) atoms. The maximum Gasteiger partial charge on any atom is 0.327 e. The van der Waals surface area contributed by atoms with E-state index in [2.05, 4.69) is 6.08 Å². The first-order valence-electron chi connectivity index (χ1n) is 15.8. The van der Waals surface area contributed by atoms with Gasteiger partial charge in [0.25, 0.3) is 0 Å². The number of likely N-dealkylation sites (tertiary alicyclic amines) is 1. The monoisotopic (exact) mass is 729 g/mol. The van der Waals surface area contributed by atoms with E-state index in [1.807, 2.05) is 56.0 Å². The second kappa shape index (κ2) is 15.5. The van der Waals surface area contributed by atoms with Gasteiger partial charge < -0.3 is 24.6 Å². The van der Waals surface area contributed by atoms with Crippen molar-refractivity contribution in [2.75, 3.05) is 13.7 Å². The second-order valence-electron chi connectivity index (χ2n) is 13.3. The number of esters is 1. The summed E-state index contributed by atoms with van der Waals surface area (Å²) in [6, 6.07) is 7.60.